The summed E-state index contributed by atoms with van der Waals surface area (Å²) in [4.78, 5) is 32.5. The fourth-order valence-electron chi connectivity index (χ4n) is 3.84. The number of fused-ring (bicyclic) bond motifs is 2. The van der Waals surface area contributed by atoms with Gasteiger partial charge in [-0.3, -0.25) is 4.79 Å². The number of carbonyl (C=O) groups is 1. The molecule has 0 radical (unpaired) electrons. The number of carboxylic acid groups (broad SMARTS) is 1. The molecule has 0 amide bonds. The van der Waals surface area contributed by atoms with Gasteiger partial charge in [0.1, 0.15) is 0 Å². The predicted molar refractivity (Wildman–Crippen MR) is 124 cm³/mol. The van der Waals surface area contributed by atoms with E-state index in [4.69, 9.17) is 0 Å². The smallest absolute Gasteiger partial charge is 0.449 e. The Morgan fingerprint density at radius 2 is 1.83 bits per heavy atom. The highest BCUT2D eigenvalue weighted by molar-refractivity contribution is 5.99. The summed E-state index contributed by atoms with van der Waals surface area (Å²) in [6, 6.07) is 16.2. The number of aromatic amines is 2. The summed E-state index contributed by atoms with van der Waals surface area (Å²) in [6.45, 7) is 0. The lowest BCUT2D eigenvalue weighted by molar-refractivity contribution is -0.144. The molecular weight excluding hydrogens is 459 g/mol. The molecule has 0 spiro atoms. The van der Waals surface area contributed by atoms with Gasteiger partial charge in [-0.25, -0.2) is 9.78 Å². The molecule has 9 heteroatoms. The summed E-state index contributed by atoms with van der Waals surface area (Å²) >= 11 is 0. The molecule has 35 heavy (non-hydrogen) atoms. The van der Waals surface area contributed by atoms with Crippen molar-refractivity contribution in [2.75, 3.05) is 0 Å². The van der Waals surface area contributed by atoms with Crippen molar-refractivity contribution in [3.63, 3.8) is 0 Å². The molecule has 0 atom stereocenters. The molecule has 5 aromatic rings. The van der Waals surface area contributed by atoms with E-state index < -0.39 is 23.5 Å². The number of aromatic carboxylic acids is 1. The van der Waals surface area contributed by atoms with Gasteiger partial charge in [0, 0.05) is 28.4 Å². The largest absolute Gasteiger partial charge is 0.478 e. The molecule has 0 saturated carbocycles. The lowest BCUT2D eigenvalue weighted by Crippen LogP contribution is -2.19. The van der Waals surface area contributed by atoms with Gasteiger partial charge in [-0.15, -0.1) is 0 Å². The Morgan fingerprint density at radius 1 is 1.00 bits per heavy atom. The van der Waals surface area contributed by atoms with E-state index in [0.717, 1.165) is 10.9 Å². The molecule has 0 aliphatic carbocycles. The quantitative estimate of drug-likeness (QED) is 0.308. The van der Waals surface area contributed by atoms with Gasteiger partial charge in [0.25, 0.3) is 5.56 Å². The number of hydrogen-bond acceptors (Lipinski definition) is 3. The summed E-state index contributed by atoms with van der Waals surface area (Å²) in [6.07, 6.45) is -2.99. The lowest BCUT2D eigenvalue weighted by atomic mass is 9.93. The van der Waals surface area contributed by atoms with Crippen molar-refractivity contribution in [3.8, 4) is 23.0 Å². The van der Waals surface area contributed by atoms with E-state index in [2.05, 4.69) is 21.8 Å². The van der Waals surface area contributed by atoms with Crippen LogP contribution in [0.3, 0.4) is 0 Å². The molecular formula is C26H14F3N3O3. The van der Waals surface area contributed by atoms with Crippen LogP contribution in [-0.4, -0.2) is 26.0 Å². The fraction of sp³-hybridized carbons (Fsp3) is 0.0385. The van der Waals surface area contributed by atoms with Gasteiger partial charge in [0.2, 0.25) is 5.82 Å². The monoisotopic (exact) mass is 473 g/mol. The molecule has 0 fully saturated rings. The van der Waals surface area contributed by atoms with Gasteiger partial charge in [-0.1, -0.05) is 30.0 Å². The van der Waals surface area contributed by atoms with Crippen LogP contribution in [0.1, 0.15) is 27.3 Å². The van der Waals surface area contributed by atoms with Crippen LogP contribution in [-0.2, 0) is 6.18 Å². The van der Waals surface area contributed by atoms with Gasteiger partial charge in [0.15, 0.2) is 0 Å². The standard InChI is InChI=1S/C26H14F3N3O3/c27-26(28,29)25-31-20-9-5-14(12-19(20)23(33)32-25)4-6-16-2-1-3-18(24(34)35)22(16)17-8-7-15-10-11-30-21(15)13-17/h1-3,5,7-13,30H,(H,34,35)(H,31,32,33). The second kappa shape index (κ2) is 8.18. The van der Waals surface area contributed by atoms with E-state index in [1.54, 1.807) is 23.3 Å². The molecule has 0 saturated heterocycles. The third-order valence-electron chi connectivity index (χ3n) is 5.45. The molecule has 3 aromatic carbocycles. The van der Waals surface area contributed by atoms with E-state index in [-0.39, 0.29) is 16.5 Å². The summed E-state index contributed by atoms with van der Waals surface area (Å²) in [5.74, 6) is 3.34. The Kier molecular flexibility index (Phi) is 5.14. The van der Waals surface area contributed by atoms with Crippen LogP contribution in [0.25, 0.3) is 32.9 Å². The minimum atomic E-state index is -4.78. The highest BCUT2D eigenvalue weighted by atomic mass is 19.4. The average Bonchev–Trinajstić information content (AvgIpc) is 3.30. The first-order valence-corrected chi connectivity index (χ1v) is 10.3. The normalized spacial score (nSPS) is 11.4. The second-order valence-corrected chi connectivity index (χ2v) is 7.71. The minimum absolute atomic E-state index is 0.0403. The number of carboxylic acids is 1. The van der Waals surface area contributed by atoms with Crippen molar-refractivity contribution in [1.29, 1.82) is 0 Å². The maximum atomic E-state index is 12.9. The fourth-order valence-corrected chi connectivity index (χ4v) is 3.84. The third kappa shape index (κ3) is 4.13. The first kappa shape index (κ1) is 22.0. The van der Waals surface area contributed by atoms with Gasteiger partial charge in [-0.2, -0.15) is 13.2 Å². The summed E-state index contributed by atoms with van der Waals surface area (Å²) in [5, 5.41) is 10.7. The molecule has 5 rings (SSSR count). The van der Waals surface area contributed by atoms with Crippen LogP contribution >= 0.6 is 0 Å². The van der Waals surface area contributed by atoms with Gasteiger partial charge in [0.05, 0.1) is 16.5 Å². The van der Waals surface area contributed by atoms with E-state index >= 15 is 0 Å². The van der Waals surface area contributed by atoms with Gasteiger partial charge < -0.3 is 15.1 Å². The van der Waals surface area contributed by atoms with E-state index in [0.29, 0.717) is 22.3 Å². The van der Waals surface area contributed by atoms with Crippen molar-refractivity contribution in [2.45, 2.75) is 6.18 Å². The van der Waals surface area contributed by atoms with Crippen LogP contribution in [0.4, 0.5) is 13.2 Å². The summed E-state index contributed by atoms with van der Waals surface area (Å²) < 4.78 is 38.8. The zero-order valence-corrected chi connectivity index (χ0v) is 17.7. The van der Waals surface area contributed by atoms with E-state index in [1.807, 2.05) is 24.3 Å². The first-order chi connectivity index (χ1) is 16.7. The number of halogens is 3. The van der Waals surface area contributed by atoms with Crippen molar-refractivity contribution >= 4 is 27.8 Å². The summed E-state index contributed by atoms with van der Waals surface area (Å²) in [5.41, 5.74) is 1.74. The highest BCUT2D eigenvalue weighted by Gasteiger charge is 2.34. The number of benzene rings is 3. The van der Waals surface area contributed by atoms with Crippen LogP contribution in [0.15, 0.2) is 71.7 Å². The molecule has 0 unspecified atom stereocenters. The van der Waals surface area contributed by atoms with Crippen LogP contribution in [0, 0.1) is 11.8 Å². The minimum Gasteiger partial charge on any atom is -0.478 e. The number of H-pyrrole nitrogens is 2. The first-order valence-electron chi connectivity index (χ1n) is 10.3. The molecule has 172 valence electrons. The maximum absolute atomic E-state index is 12.9. The molecule has 2 heterocycles. The Morgan fingerprint density at radius 3 is 2.60 bits per heavy atom. The number of rotatable bonds is 2. The van der Waals surface area contributed by atoms with Crippen molar-refractivity contribution in [3.05, 3.63) is 99.7 Å². The Labute approximate surface area is 195 Å². The number of alkyl halides is 3. The Bertz CT molecular complexity index is 1750. The van der Waals surface area contributed by atoms with Crippen LogP contribution in [0.5, 0.6) is 0 Å². The van der Waals surface area contributed by atoms with Crippen LogP contribution < -0.4 is 5.56 Å². The second-order valence-electron chi connectivity index (χ2n) is 7.71. The zero-order chi connectivity index (χ0) is 24.7. The molecule has 2 aromatic heterocycles. The zero-order valence-electron chi connectivity index (χ0n) is 17.7. The van der Waals surface area contributed by atoms with Crippen LogP contribution in [0.2, 0.25) is 0 Å². The molecule has 0 bridgehead atoms. The number of hydrogen-bond donors (Lipinski definition) is 3. The molecule has 0 aliphatic heterocycles. The van der Waals surface area contributed by atoms with Crippen molar-refractivity contribution in [1.82, 2.24) is 15.0 Å². The number of nitrogens with one attached hydrogen (secondary N) is 2. The van der Waals surface area contributed by atoms with Crippen molar-refractivity contribution < 1.29 is 23.1 Å². The third-order valence-corrected chi connectivity index (χ3v) is 5.45. The molecule has 6 nitrogen and oxygen atoms in total. The number of aromatic nitrogens is 3. The molecule has 0 aliphatic rings. The van der Waals surface area contributed by atoms with Gasteiger partial charge >= 0.3 is 12.1 Å². The topological polar surface area (TPSA) is 98.8 Å². The molecule has 3 N–H and O–H groups in total. The van der Waals surface area contributed by atoms with E-state index in [1.165, 1.54) is 24.3 Å². The SMILES string of the molecule is O=C(O)c1cccc(C#Cc2ccc3nc(C(F)(F)F)[nH]c(=O)c3c2)c1-c1ccc2cc[nH]c2c1. The highest BCUT2D eigenvalue weighted by Crippen LogP contribution is 2.30. The van der Waals surface area contributed by atoms with Crippen molar-refractivity contribution in [2.24, 2.45) is 0 Å². The Hall–Kier alpha value is -4.84. The van der Waals surface area contributed by atoms with Gasteiger partial charge in [-0.05, 0) is 53.4 Å². The lowest BCUT2D eigenvalue weighted by Gasteiger charge is -2.10. The maximum Gasteiger partial charge on any atom is 0.449 e. The predicted octanol–water partition coefficient (Wildman–Crippen LogP) is 5.19. The summed E-state index contributed by atoms with van der Waals surface area (Å²) in [7, 11) is 0. The Balaban J connectivity index is 1.62. The number of nitrogens with zero attached hydrogens (tertiary/aromatic N) is 1. The average molecular weight is 473 g/mol. The van der Waals surface area contributed by atoms with E-state index in [9.17, 15) is 27.9 Å².